The molecule has 0 bridgehead atoms. The molecule has 0 aromatic heterocycles. The lowest BCUT2D eigenvalue weighted by Crippen LogP contribution is -2.26. The number of carbonyl (C=O) groups excluding carboxylic acids is 2. The van der Waals surface area contributed by atoms with Gasteiger partial charge in [0.2, 0.25) is 0 Å². The fourth-order valence-electron chi connectivity index (χ4n) is 1.43. The minimum absolute atomic E-state index is 0.130. The third-order valence-electron chi connectivity index (χ3n) is 2.14. The first-order valence-electron chi connectivity index (χ1n) is 4.37. The molecule has 16 heavy (non-hydrogen) atoms. The summed E-state index contributed by atoms with van der Waals surface area (Å²) in [5.74, 6) is -2.80. The smallest absolute Gasteiger partial charge is 0.0721 e. The molecule has 1 aromatic rings. The van der Waals surface area contributed by atoms with Crippen LogP contribution >= 0.6 is 0 Å². The van der Waals surface area contributed by atoms with Crippen molar-refractivity contribution in [3.63, 3.8) is 0 Å². The van der Waals surface area contributed by atoms with E-state index in [1.807, 2.05) is 0 Å². The molecule has 0 aliphatic heterocycles. The minimum atomic E-state index is -1.40. The Labute approximate surface area is 92.2 Å². The topological polar surface area (TPSA) is 80.3 Å². The number of aromatic carboxylic acids is 2. The molecule has 0 saturated carbocycles. The quantitative estimate of drug-likeness (QED) is 0.692. The molecule has 1 aromatic carbocycles. The molecule has 0 heterocycles. The van der Waals surface area contributed by atoms with Gasteiger partial charge in [0.25, 0.3) is 0 Å². The van der Waals surface area contributed by atoms with Crippen molar-refractivity contribution in [2.45, 2.75) is 0 Å². The van der Waals surface area contributed by atoms with Crippen LogP contribution < -0.4 is 10.2 Å². The second-order valence-corrected chi connectivity index (χ2v) is 2.97. The van der Waals surface area contributed by atoms with Gasteiger partial charge in [0.05, 0.1) is 11.9 Å². The number of carboxylic acids is 2. The van der Waals surface area contributed by atoms with Crippen LogP contribution in [0.1, 0.15) is 31.8 Å². The van der Waals surface area contributed by atoms with Crippen LogP contribution in [0.5, 0.6) is 0 Å². The molecule has 0 N–H and O–H groups in total. The summed E-state index contributed by atoms with van der Waals surface area (Å²) in [6.07, 6.45) is 2.49. The molecule has 0 aliphatic carbocycles. The Morgan fingerprint density at radius 2 is 1.25 bits per heavy atom. The molecule has 0 saturated heterocycles. The van der Waals surface area contributed by atoms with E-state index in [1.165, 1.54) is 12.2 Å². The van der Waals surface area contributed by atoms with Gasteiger partial charge in [0.15, 0.2) is 0 Å². The molecule has 4 nitrogen and oxygen atoms in total. The van der Waals surface area contributed by atoms with E-state index in [0.717, 1.165) is 12.1 Å². The SMILES string of the molecule is C=Cc1c(C(=O)[O-])ccc(C(=O)[O-])c1C=C. The first-order valence-corrected chi connectivity index (χ1v) is 4.37. The van der Waals surface area contributed by atoms with Crippen LogP contribution in [0.2, 0.25) is 0 Å². The van der Waals surface area contributed by atoms with Gasteiger partial charge in [-0.25, -0.2) is 0 Å². The third kappa shape index (κ3) is 1.86. The van der Waals surface area contributed by atoms with Crippen molar-refractivity contribution in [1.29, 1.82) is 0 Å². The second kappa shape index (κ2) is 4.44. The average Bonchev–Trinajstić information content (AvgIpc) is 2.26. The normalized spacial score (nSPS) is 9.50. The number of carboxylic acid groups (broad SMARTS) is 2. The van der Waals surface area contributed by atoms with Crippen LogP contribution in [0.4, 0.5) is 0 Å². The summed E-state index contributed by atoms with van der Waals surface area (Å²) in [6.45, 7) is 6.86. The van der Waals surface area contributed by atoms with E-state index in [2.05, 4.69) is 13.2 Å². The van der Waals surface area contributed by atoms with Crippen molar-refractivity contribution in [1.82, 2.24) is 0 Å². The lowest BCUT2D eigenvalue weighted by Gasteiger charge is -2.15. The summed E-state index contributed by atoms with van der Waals surface area (Å²) in [6, 6.07) is 2.29. The highest BCUT2D eigenvalue weighted by Crippen LogP contribution is 2.21. The molecule has 4 heteroatoms. The molecule has 0 amide bonds. The minimum Gasteiger partial charge on any atom is -0.545 e. The van der Waals surface area contributed by atoms with E-state index in [9.17, 15) is 19.8 Å². The third-order valence-corrected chi connectivity index (χ3v) is 2.14. The van der Waals surface area contributed by atoms with Gasteiger partial charge < -0.3 is 19.8 Å². The van der Waals surface area contributed by atoms with Gasteiger partial charge in [0.1, 0.15) is 0 Å². The van der Waals surface area contributed by atoms with Gasteiger partial charge in [-0.2, -0.15) is 0 Å². The first-order chi connectivity index (χ1) is 7.52. The van der Waals surface area contributed by atoms with Crippen molar-refractivity contribution < 1.29 is 19.8 Å². The van der Waals surface area contributed by atoms with Crippen molar-refractivity contribution in [3.8, 4) is 0 Å². The van der Waals surface area contributed by atoms with Crippen LogP contribution in [0.25, 0.3) is 12.2 Å². The highest BCUT2D eigenvalue weighted by Gasteiger charge is 2.09. The van der Waals surface area contributed by atoms with Gasteiger partial charge in [-0.3, -0.25) is 0 Å². The maximum absolute atomic E-state index is 10.8. The van der Waals surface area contributed by atoms with Crippen LogP contribution in [-0.4, -0.2) is 11.9 Å². The molecular formula is C12H8O4-2. The molecule has 0 aliphatic rings. The standard InChI is InChI=1S/C12H10O4/c1-3-7-8(4-2)10(12(15)16)6-5-9(7)11(13)14/h3-6H,1-2H2,(H,13,14)(H,15,16)/p-2. The highest BCUT2D eigenvalue weighted by molar-refractivity contribution is 5.98. The molecule has 0 spiro atoms. The summed E-state index contributed by atoms with van der Waals surface area (Å²) in [4.78, 5) is 21.5. The van der Waals surface area contributed by atoms with Crippen LogP contribution in [0.15, 0.2) is 25.3 Å². The predicted octanol–water partition coefficient (Wildman–Crippen LogP) is -0.300. The lowest BCUT2D eigenvalue weighted by atomic mass is 9.96. The Hall–Kier alpha value is -2.36. The van der Waals surface area contributed by atoms with E-state index in [-0.39, 0.29) is 22.3 Å². The second-order valence-electron chi connectivity index (χ2n) is 2.97. The molecule has 0 unspecified atom stereocenters. The molecule has 0 fully saturated rings. The Morgan fingerprint density at radius 1 is 0.938 bits per heavy atom. The van der Waals surface area contributed by atoms with Crippen molar-refractivity contribution >= 4 is 24.1 Å². The highest BCUT2D eigenvalue weighted by atomic mass is 16.4. The largest absolute Gasteiger partial charge is 0.545 e. The Morgan fingerprint density at radius 3 is 1.44 bits per heavy atom. The maximum Gasteiger partial charge on any atom is 0.0721 e. The summed E-state index contributed by atoms with van der Waals surface area (Å²) in [7, 11) is 0. The zero-order valence-corrected chi connectivity index (χ0v) is 8.36. The number of hydrogen-bond acceptors (Lipinski definition) is 4. The molecule has 0 radical (unpaired) electrons. The van der Waals surface area contributed by atoms with E-state index in [1.54, 1.807) is 0 Å². The Bertz CT molecular complexity index is 441. The van der Waals surface area contributed by atoms with Gasteiger partial charge >= 0.3 is 0 Å². The number of carbonyl (C=O) groups is 2. The van der Waals surface area contributed by atoms with Gasteiger partial charge in [-0.1, -0.05) is 37.4 Å². The van der Waals surface area contributed by atoms with Gasteiger partial charge in [-0.05, 0) is 11.1 Å². The lowest BCUT2D eigenvalue weighted by molar-refractivity contribution is -0.256. The fraction of sp³-hybridized carbons (Fsp3) is 0. The van der Waals surface area contributed by atoms with Gasteiger partial charge in [-0.15, -0.1) is 0 Å². The molecule has 1 rings (SSSR count). The number of hydrogen-bond donors (Lipinski definition) is 0. The van der Waals surface area contributed by atoms with E-state index in [4.69, 9.17) is 0 Å². The summed E-state index contributed by atoms with van der Waals surface area (Å²) < 4.78 is 0. The van der Waals surface area contributed by atoms with Crippen LogP contribution in [0.3, 0.4) is 0 Å². The summed E-state index contributed by atoms with van der Waals surface area (Å²) in [5.41, 5.74) is 0.0678. The summed E-state index contributed by atoms with van der Waals surface area (Å²) in [5, 5.41) is 21.5. The zero-order valence-electron chi connectivity index (χ0n) is 8.36. The zero-order chi connectivity index (χ0) is 12.3. The molecule has 82 valence electrons. The Balaban J connectivity index is 3.65. The number of benzene rings is 1. The fourth-order valence-corrected chi connectivity index (χ4v) is 1.43. The van der Waals surface area contributed by atoms with Gasteiger partial charge in [0, 0.05) is 11.1 Å². The number of rotatable bonds is 4. The van der Waals surface area contributed by atoms with E-state index < -0.39 is 11.9 Å². The van der Waals surface area contributed by atoms with Crippen molar-refractivity contribution in [2.24, 2.45) is 0 Å². The predicted molar refractivity (Wildman–Crippen MR) is 55.3 cm³/mol. The first kappa shape index (κ1) is 11.7. The molecule has 0 atom stereocenters. The van der Waals surface area contributed by atoms with E-state index >= 15 is 0 Å². The monoisotopic (exact) mass is 216 g/mol. The van der Waals surface area contributed by atoms with Crippen molar-refractivity contribution in [3.05, 3.63) is 47.5 Å². The van der Waals surface area contributed by atoms with E-state index in [0.29, 0.717) is 0 Å². The Kier molecular flexibility index (Phi) is 3.25. The summed E-state index contributed by atoms with van der Waals surface area (Å²) >= 11 is 0. The van der Waals surface area contributed by atoms with Crippen LogP contribution in [-0.2, 0) is 0 Å². The molecular weight excluding hydrogens is 208 g/mol. The maximum atomic E-state index is 10.8. The van der Waals surface area contributed by atoms with Crippen molar-refractivity contribution in [2.75, 3.05) is 0 Å². The average molecular weight is 216 g/mol. The van der Waals surface area contributed by atoms with Crippen LogP contribution in [0, 0.1) is 0 Å².